The minimum Gasteiger partial charge on any atom is -0.376 e. The number of rotatable bonds is 10. The van der Waals surface area contributed by atoms with E-state index in [-0.39, 0.29) is 5.41 Å². The van der Waals surface area contributed by atoms with E-state index in [2.05, 4.69) is 86.5 Å². The summed E-state index contributed by atoms with van der Waals surface area (Å²) in [4.78, 5) is 0. The van der Waals surface area contributed by atoms with Crippen LogP contribution in [-0.4, -0.2) is 29.4 Å². The highest BCUT2D eigenvalue weighted by Gasteiger charge is 2.30. The van der Waals surface area contributed by atoms with Crippen LogP contribution in [0.3, 0.4) is 0 Å². The fourth-order valence-corrected chi connectivity index (χ4v) is 4.46. The molecule has 0 bridgehead atoms. The van der Waals surface area contributed by atoms with Crippen molar-refractivity contribution in [2.24, 2.45) is 5.41 Å². The summed E-state index contributed by atoms with van der Waals surface area (Å²) in [6.07, 6.45) is 1.47. The lowest BCUT2D eigenvalue weighted by Crippen LogP contribution is -2.32. The lowest BCUT2D eigenvalue weighted by atomic mass is 9.83. The summed E-state index contributed by atoms with van der Waals surface area (Å²) in [5.74, 6) is 7.01. The molecule has 2 nitrogen and oxygen atoms in total. The van der Waals surface area contributed by atoms with Crippen LogP contribution >= 0.6 is 0 Å². The van der Waals surface area contributed by atoms with Crippen molar-refractivity contribution >= 4 is 16.1 Å². The Labute approximate surface area is 204 Å². The molecule has 2 aromatic carbocycles. The summed E-state index contributed by atoms with van der Waals surface area (Å²) < 4.78 is 12.5. The summed E-state index contributed by atoms with van der Waals surface area (Å²) in [6, 6.07) is 20.7. The van der Waals surface area contributed by atoms with Crippen LogP contribution in [-0.2, 0) is 22.7 Å². The van der Waals surface area contributed by atoms with Crippen molar-refractivity contribution in [1.29, 1.82) is 0 Å². The molecule has 0 amide bonds. The molecule has 0 N–H and O–H groups in total. The van der Waals surface area contributed by atoms with Crippen molar-refractivity contribution < 1.29 is 9.47 Å². The summed E-state index contributed by atoms with van der Waals surface area (Å²) in [6.45, 7) is 16.0. The van der Waals surface area contributed by atoms with Crippen molar-refractivity contribution in [1.82, 2.24) is 0 Å². The van der Waals surface area contributed by atoms with Crippen molar-refractivity contribution in [3.63, 3.8) is 0 Å². The van der Waals surface area contributed by atoms with E-state index in [0.717, 1.165) is 12.8 Å². The Morgan fingerprint density at radius 2 is 0.970 bits per heavy atom. The zero-order valence-corrected chi connectivity index (χ0v) is 23.3. The molecule has 33 heavy (non-hydrogen) atoms. The summed E-state index contributed by atoms with van der Waals surface area (Å²) in [5.41, 5.74) is 9.19. The number of hydrogen-bond acceptors (Lipinski definition) is 2. The fraction of sp³-hybridized carbons (Fsp3) is 0.448. The third-order valence-electron chi connectivity index (χ3n) is 4.89. The Balaban J connectivity index is 2.21. The van der Waals surface area contributed by atoms with Crippen LogP contribution in [0.25, 0.3) is 0 Å². The van der Waals surface area contributed by atoms with E-state index in [1.807, 2.05) is 36.4 Å². The normalized spacial score (nSPS) is 11.8. The highest BCUT2D eigenvalue weighted by molar-refractivity contribution is 6.84. The topological polar surface area (TPSA) is 18.5 Å². The predicted molar refractivity (Wildman–Crippen MR) is 146 cm³/mol. The fourth-order valence-electron chi connectivity index (χ4n) is 3.22. The van der Waals surface area contributed by atoms with Crippen molar-refractivity contribution in [3.8, 4) is 22.9 Å². The molecule has 0 radical (unpaired) electrons. The van der Waals surface area contributed by atoms with Gasteiger partial charge >= 0.3 is 0 Å². The van der Waals surface area contributed by atoms with Gasteiger partial charge in [0.05, 0.1) is 26.4 Å². The molecule has 0 saturated carbocycles. The molecule has 0 aromatic heterocycles. The first-order valence-electron chi connectivity index (χ1n) is 11.8. The molecule has 0 aliphatic carbocycles. The van der Waals surface area contributed by atoms with Gasteiger partial charge in [-0.2, -0.15) is 0 Å². The van der Waals surface area contributed by atoms with Crippen LogP contribution in [0.1, 0.15) is 24.0 Å². The van der Waals surface area contributed by atoms with Crippen LogP contribution in [0.5, 0.6) is 0 Å². The first-order chi connectivity index (χ1) is 15.6. The molecule has 2 rings (SSSR count). The zero-order valence-electron chi connectivity index (χ0n) is 21.3. The molecule has 0 atom stereocenters. The van der Waals surface area contributed by atoms with Crippen LogP contribution < -0.4 is 0 Å². The van der Waals surface area contributed by atoms with Gasteiger partial charge in [-0.1, -0.05) is 99.9 Å². The Bertz CT molecular complexity index is 868. The van der Waals surface area contributed by atoms with Gasteiger partial charge in [-0.15, -0.1) is 22.9 Å². The van der Waals surface area contributed by atoms with Crippen LogP contribution in [0.15, 0.2) is 60.7 Å². The van der Waals surface area contributed by atoms with Crippen LogP contribution in [0.4, 0.5) is 0 Å². The highest BCUT2D eigenvalue weighted by atomic mass is 28.3. The van der Waals surface area contributed by atoms with E-state index in [1.54, 1.807) is 0 Å². The van der Waals surface area contributed by atoms with Gasteiger partial charge in [0, 0.05) is 18.3 Å². The van der Waals surface area contributed by atoms with Gasteiger partial charge in [-0.05, 0) is 11.1 Å². The Morgan fingerprint density at radius 1 is 0.606 bits per heavy atom. The number of hydrogen-bond donors (Lipinski definition) is 0. The molecule has 0 heterocycles. The number of ether oxygens (including phenoxy) is 2. The predicted octanol–water partition coefficient (Wildman–Crippen LogP) is 6.95. The quantitative estimate of drug-likeness (QED) is 0.273. The first kappa shape index (κ1) is 27.2. The molecule has 0 aliphatic heterocycles. The SMILES string of the molecule is C[Si](C)(C)C#CCC(CC#C[Si](C)(C)C)(COCc1ccccc1)COCc1ccccc1. The third kappa shape index (κ3) is 12.1. The maximum Gasteiger partial charge on any atom is 0.129 e. The lowest BCUT2D eigenvalue weighted by Gasteiger charge is -2.30. The van der Waals surface area contributed by atoms with Gasteiger partial charge in [0.25, 0.3) is 0 Å². The molecular weight excluding hydrogens is 436 g/mol. The molecule has 2 aromatic rings. The van der Waals surface area contributed by atoms with Crippen LogP contribution in [0, 0.1) is 28.3 Å². The Morgan fingerprint density at radius 3 is 1.30 bits per heavy atom. The first-order valence-corrected chi connectivity index (χ1v) is 18.8. The second kappa shape index (κ2) is 13.0. The molecule has 0 saturated heterocycles. The average Bonchev–Trinajstić information content (AvgIpc) is 2.73. The smallest absolute Gasteiger partial charge is 0.129 e. The lowest BCUT2D eigenvalue weighted by molar-refractivity contribution is -0.0283. The van der Waals surface area contributed by atoms with Gasteiger partial charge in [-0.25, -0.2) is 0 Å². The Hall–Kier alpha value is -2.09. The highest BCUT2D eigenvalue weighted by Crippen LogP contribution is 2.29. The molecule has 176 valence electrons. The molecule has 0 spiro atoms. The van der Waals surface area contributed by atoms with Gasteiger partial charge in [0.15, 0.2) is 0 Å². The maximum absolute atomic E-state index is 6.26. The minimum absolute atomic E-state index is 0.247. The van der Waals surface area contributed by atoms with Gasteiger partial charge in [-0.3, -0.25) is 0 Å². The summed E-state index contributed by atoms with van der Waals surface area (Å²) in [7, 11) is -2.92. The monoisotopic (exact) mass is 476 g/mol. The van der Waals surface area contributed by atoms with Crippen molar-refractivity contribution in [3.05, 3.63) is 71.8 Å². The van der Waals surface area contributed by atoms with E-state index in [1.165, 1.54) is 11.1 Å². The van der Waals surface area contributed by atoms with Crippen molar-refractivity contribution in [2.45, 2.75) is 65.3 Å². The molecular formula is C29H40O2Si2. The molecule has 4 heteroatoms. The zero-order chi connectivity index (χ0) is 24.2. The Kier molecular flexibility index (Phi) is 10.7. The average molecular weight is 477 g/mol. The molecule has 0 unspecified atom stereocenters. The molecule has 0 aliphatic rings. The van der Waals surface area contributed by atoms with E-state index in [0.29, 0.717) is 26.4 Å². The minimum atomic E-state index is -1.46. The van der Waals surface area contributed by atoms with Crippen LogP contribution in [0.2, 0.25) is 39.3 Å². The van der Waals surface area contributed by atoms with E-state index < -0.39 is 16.1 Å². The van der Waals surface area contributed by atoms with E-state index >= 15 is 0 Å². The van der Waals surface area contributed by atoms with E-state index in [9.17, 15) is 0 Å². The number of benzene rings is 2. The van der Waals surface area contributed by atoms with Crippen molar-refractivity contribution in [2.75, 3.05) is 13.2 Å². The summed E-state index contributed by atoms with van der Waals surface area (Å²) in [5, 5.41) is 0. The van der Waals surface area contributed by atoms with Gasteiger partial charge in [0.2, 0.25) is 0 Å². The standard InChI is InChI=1S/C29H40O2Si2/c1-32(2,3)21-13-19-29(20-14-22-33(4,5)6,25-30-23-27-15-9-7-10-16-27)26-31-24-28-17-11-8-12-18-28/h7-12,15-18H,19-20,23-26H2,1-6H3. The maximum atomic E-state index is 6.26. The van der Waals surface area contributed by atoms with Gasteiger partial charge in [0.1, 0.15) is 16.1 Å². The van der Waals surface area contributed by atoms with E-state index in [4.69, 9.17) is 9.47 Å². The van der Waals surface area contributed by atoms with Gasteiger partial charge < -0.3 is 9.47 Å². The summed E-state index contributed by atoms with van der Waals surface area (Å²) >= 11 is 0. The second-order valence-electron chi connectivity index (χ2n) is 10.9. The second-order valence-corrected chi connectivity index (χ2v) is 20.4. The largest absolute Gasteiger partial charge is 0.376 e. The molecule has 0 fully saturated rings. The third-order valence-corrected chi connectivity index (χ3v) is 6.75.